The van der Waals surface area contributed by atoms with Crippen molar-refractivity contribution >= 4 is 19.8 Å². The summed E-state index contributed by atoms with van der Waals surface area (Å²) < 4.78 is 5.71. The lowest BCUT2D eigenvalue weighted by atomic mass is 10.0. The topological polar surface area (TPSA) is 38.7 Å². The summed E-state index contributed by atoms with van der Waals surface area (Å²) in [6.07, 6.45) is 0.716. The van der Waals surface area contributed by atoms with Crippen LogP contribution in [0.4, 0.5) is 0 Å². The molecule has 2 rings (SSSR count). The molecule has 0 aliphatic carbocycles. The van der Waals surface area contributed by atoms with Gasteiger partial charge in [0.1, 0.15) is 11.6 Å². The Morgan fingerprint density at radius 3 is 1.79 bits per heavy atom. The van der Waals surface area contributed by atoms with Crippen LogP contribution in [0.25, 0.3) is 0 Å². The predicted molar refractivity (Wildman–Crippen MR) is 121 cm³/mol. The smallest absolute Gasteiger partial charge is 0.331 e. The first-order chi connectivity index (χ1) is 13.1. The summed E-state index contributed by atoms with van der Waals surface area (Å²) in [5, 5.41) is 0. The lowest BCUT2D eigenvalue weighted by Crippen LogP contribution is -2.33. The van der Waals surface area contributed by atoms with Crippen molar-refractivity contribution in [3.05, 3.63) is 71.8 Å². The highest BCUT2D eigenvalue weighted by molar-refractivity contribution is 6.76. The fraction of sp³-hybridized carbons (Fsp3) is 0.417. The van der Waals surface area contributed by atoms with E-state index >= 15 is 0 Å². The van der Waals surface area contributed by atoms with Crippen molar-refractivity contribution in [2.24, 2.45) is 4.99 Å². The van der Waals surface area contributed by atoms with Gasteiger partial charge in [0.05, 0.1) is 5.71 Å². The van der Waals surface area contributed by atoms with Crippen LogP contribution in [0.1, 0.15) is 38.3 Å². The zero-order valence-corrected chi connectivity index (χ0v) is 19.0. The number of carbonyl (C=O) groups excluding carboxylic acids is 1. The Morgan fingerprint density at radius 1 is 0.929 bits per heavy atom. The highest BCUT2D eigenvalue weighted by Crippen LogP contribution is 2.21. The maximum Gasteiger partial charge on any atom is 0.331 e. The van der Waals surface area contributed by atoms with Crippen LogP contribution in [0.5, 0.6) is 0 Å². The number of rotatable bonds is 7. The number of nitrogens with zero attached hydrogens (tertiary/aromatic N) is 1. The molecule has 0 aliphatic rings. The molecule has 0 fully saturated rings. The van der Waals surface area contributed by atoms with E-state index in [1.54, 1.807) is 0 Å². The van der Waals surface area contributed by atoms with Gasteiger partial charge >= 0.3 is 5.97 Å². The summed E-state index contributed by atoms with van der Waals surface area (Å²) in [5.41, 5.74) is 2.34. The lowest BCUT2D eigenvalue weighted by molar-refractivity contribution is -0.156. The van der Waals surface area contributed by atoms with Crippen molar-refractivity contribution in [1.29, 1.82) is 0 Å². The first-order valence-corrected chi connectivity index (χ1v) is 13.7. The second-order valence-electron chi connectivity index (χ2n) is 9.36. The number of hydrogen-bond donors (Lipinski definition) is 0. The molecule has 0 heterocycles. The maximum absolute atomic E-state index is 13.0. The van der Waals surface area contributed by atoms with E-state index < -0.39 is 19.7 Å². The van der Waals surface area contributed by atoms with Crippen molar-refractivity contribution < 1.29 is 9.53 Å². The van der Waals surface area contributed by atoms with Gasteiger partial charge in [0.15, 0.2) is 0 Å². The van der Waals surface area contributed by atoms with Crippen LogP contribution in [0.15, 0.2) is 65.7 Å². The Bertz CT molecular complexity index is 745. The zero-order chi connectivity index (χ0) is 20.8. The Morgan fingerprint density at radius 2 is 1.39 bits per heavy atom. The van der Waals surface area contributed by atoms with Gasteiger partial charge < -0.3 is 4.74 Å². The Hall–Kier alpha value is -2.20. The van der Waals surface area contributed by atoms with Gasteiger partial charge in [-0.15, -0.1) is 0 Å². The van der Waals surface area contributed by atoms with Gasteiger partial charge in [-0.05, 0) is 27.2 Å². The molecule has 1 atom stereocenters. The van der Waals surface area contributed by atoms with E-state index in [0.29, 0.717) is 6.42 Å². The van der Waals surface area contributed by atoms with E-state index in [1.165, 1.54) is 0 Å². The molecular weight excluding hydrogens is 362 g/mol. The molecule has 0 saturated carbocycles. The van der Waals surface area contributed by atoms with Crippen molar-refractivity contribution in [1.82, 2.24) is 0 Å². The number of ether oxygens (including phenoxy) is 1. The molecule has 4 heteroatoms. The van der Waals surface area contributed by atoms with Gasteiger partial charge in [-0.1, -0.05) is 86.3 Å². The summed E-state index contributed by atoms with van der Waals surface area (Å²) in [5.74, 6) is -0.241. The molecule has 0 radical (unpaired) electrons. The lowest BCUT2D eigenvalue weighted by Gasteiger charge is -2.24. The molecule has 0 unspecified atom stereocenters. The number of aliphatic imine (C=N–C) groups is 1. The molecule has 0 N–H and O–H groups in total. The molecule has 0 amide bonds. The number of benzene rings is 2. The summed E-state index contributed by atoms with van der Waals surface area (Å²) >= 11 is 0. The highest BCUT2D eigenvalue weighted by Gasteiger charge is 2.27. The highest BCUT2D eigenvalue weighted by atomic mass is 28.3. The number of esters is 1. The fourth-order valence-corrected chi connectivity index (χ4v) is 3.98. The largest absolute Gasteiger partial charge is 0.458 e. The summed E-state index contributed by atoms with van der Waals surface area (Å²) in [4.78, 5) is 17.9. The minimum absolute atomic E-state index is 0.241. The van der Waals surface area contributed by atoms with Gasteiger partial charge in [0.2, 0.25) is 0 Å². The summed E-state index contributed by atoms with van der Waals surface area (Å²) in [6, 6.07) is 20.7. The fourth-order valence-electron chi connectivity index (χ4n) is 2.84. The molecular formula is C24H33NO2Si. The molecule has 0 aromatic heterocycles. The quantitative estimate of drug-likeness (QED) is 0.329. The van der Waals surface area contributed by atoms with Crippen molar-refractivity contribution in [3.8, 4) is 0 Å². The first-order valence-electron chi connectivity index (χ1n) is 9.97. The average molecular weight is 396 g/mol. The monoisotopic (exact) mass is 395 g/mol. The van der Waals surface area contributed by atoms with E-state index in [1.807, 2.05) is 81.4 Å². The average Bonchev–Trinajstić information content (AvgIpc) is 2.61. The second-order valence-corrected chi connectivity index (χ2v) is 15.0. The predicted octanol–water partition coefficient (Wildman–Crippen LogP) is 5.96. The molecule has 150 valence electrons. The summed E-state index contributed by atoms with van der Waals surface area (Å²) in [7, 11) is -1.31. The Balaban J connectivity index is 2.46. The minimum Gasteiger partial charge on any atom is -0.458 e. The van der Waals surface area contributed by atoms with Gasteiger partial charge in [-0.2, -0.15) is 0 Å². The Labute approximate surface area is 170 Å². The third-order valence-corrected chi connectivity index (χ3v) is 6.01. The first kappa shape index (κ1) is 22.1. The third kappa shape index (κ3) is 7.43. The third-order valence-electron chi connectivity index (χ3n) is 4.23. The van der Waals surface area contributed by atoms with Crippen LogP contribution >= 0.6 is 0 Å². The molecule has 28 heavy (non-hydrogen) atoms. The van der Waals surface area contributed by atoms with E-state index in [2.05, 4.69) is 19.6 Å². The van der Waals surface area contributed by atoms with E-state index in [0.717, 1.165) is 22.9 Å². The molecule has 0 aliphatic heterocycles. The van der Waals surface area contributed by atoms with Gasteiger partial charge in [-0.3, -0.25) is 4.99 Å². The van der Waals surface area contributed by atoms with Crippen LogP contribution in [0.2, 0.25) is 25.7 Å². The van der Waals surface area contributed by atoms with Crippen LogP contribution in [-0.2, 0) is 9.53 Å². The Kier molecular flexibility index (Phi) is 7.36. The van der Waals surface area contributed by atoms with Crippen LogP contribution < -0.4 is 0 Å². The number of carbonyl (C=O) groups is 1. The van der Waals surface area contributed by atoms with Gasteiger partial charge in [0.25, 0.3) is 0 Å². The molecule has 3 nitrogen and oxygen atoms in total. The molecule has 0 bridgehead atoms. The molecule has 2 aromatic carbocycles. The molecule has 0 spiro atoms. The van der Waals surface area contributed by atoms with Crippen LogP contribution in [0, 0.1) is 0 Å². The number of hydrogen-bond acceptors (Lipinski definition) is 3. The van der Waals surface area contributed by atoms with E-state index in [-0.39, 0.29) is 5.97 Å². The van der Waals surface area contributed by atoms with Crippen LogP contribution in [0.3, 0.4) is 0 Å². The van der Waals surface area contributed by atoms with Crippen molar-refractivity contribution in [3.63, 3.8) is 0 Å². The maximum atomic E-state index is 13.0. The van der Waals surface area contributed by atoms with Crippen molar-refractivity contribution in [2.75, 3.05) is 0 Å². The van der Waals surface area contributed by atoms with Crippen LogP contribution in [-0.4, -0.2) is 31.4 Å². The van der Waals surface area contributed by atoms with Crippen molar-refractivity contribution in [2.45, 2.75) is 64.5 Å². The summed E-state index contributed by atoms with van der Waals surface area (Å²) in [6.45, 7) is 12.7. The normalized spacial score (nSPS) is 12.9. The second kappa shape index (κ2) is 9.33. The molecule has 0 saturated heterocycles. The van der Waals surface area contributed by atoms with Gasteiger partial charge in [0, 0.05) is 19.2 Å². The standard InChI is InChI=1S/C24H33NO2Si/c1-24(2,3)27-23(26)21(17-18-28(4,5)6)25-22(19-13-9-7-10-14-19)20-15-11-8-12-16-20/h7-16,21H,17-18H2,1-6H3/t21-/m1/s1. The van der Waals surface area contributed by atoms with E-state index in [9.17, 15) is 4.79 Å². The zero-order valence-electron chi connectivity index (χ0n) is 18.0. The van der Waals surface area contributed by atoms with Gasteiger partial charge in [-0.25, -0.2) is 4.79 Å². The van der Waals surface area contributed by atoms with E-state index in [4.69, 9.17) is 9.73 Å². The molecule has 2 aromatic rings. The SMILES string of the molecule is CC(C)(C)OC(=O)[C@@H](CC[Si](C)(C)C)N=C(c1ccccc1)c1ccccc1. The minimum atomic E-state index is -1.31.